The number of piperidine rings is 1. The third-order valence-electron chi connectivity index (χ3n) is 5.68. The van der Waals surface area contributed by atoms with E-state index in [2.05, 4.69) is 5.32 Å². The molecule has 0 spiro atoms. The van der Waals surface area contributed by atoms with E-state index in [9.17, 15) is 13.2 Å². The second kappa shape index (κ2) is 10.8. The lowest BCUT2D eigenvalue weighted by molar-refractivity contribution is -0.120. The minimum Gasteiger partial charge on any atom is -0.455 e. The van der Waals surface area contributed by atoms with Gasteiger partial charge in [0.05, 0.1) is 11.4 Å². The quantitative estimate of drug-likeness (QED) is 0.418. The summed E-state index contributed by atoms with van der Waals surface area (Å²) in [6.45, 7) is 0.543. The molecule has 0 radical (unpaired) electrons. The van der Waals surface area contributed by atoms with Gasteiger partial charge in [-0.25, -0.2) is 12.7 Å². The van der Waals surface area contributed by atoms with Crippen LogP contribution in [0, 0.1) is 5.92 Å². The summed E-state index contributed by atoms with van der Waals surface area (Å²) < 4.78 is 33.1. The number of halogens is 2. The molecule has 0 bridgehead atoms. The first-order valence-electron chi connectivity index (χ1n) is 10.9. The molecule has 9 heteroatoms. The highest BCUT2D eigenvalue weighted by Crippen LogP contribution is 2.33. The fourth-order valence-electron chi connectivity index (χ4n) is 3.84. The zero-order valence-electron chi connectivity index (χ0n) is 18.3. The average molecular weight is 519 g/mol. The highest BCUT2D eigenvalue weighted by atomic mass is 35.5. The van der Waals surface area contributed by atoms with Crippen LogP contribution in [0.2, 0.25) is 10.0 Å². The summed E-state index contributed by atoms with van der Waals surface area (Å²) in [6, 6.07) is 21.2. The van der Waals surface area contributed by atoms with Gasteiger partial charge in [-0.3, -0.25) is 4.79 Å². The number of benzene rings is 3. The molecule has 3 aromatic rings. The number of para-hydroxylation sites is 1. The molecular formula is C25H24Cl2N2O4S. The molecule has 6 nitrogen and oxygen atoms in total. The van der Waals surface area contributed by atoms with E-state index in [0.29, 0.717) is 45.6 Å². The summed E-state index contributed by atoms with van der Waals surface area (Å²) in [7, 11) is -3.53. The van der Waals surface area contributed by atoms with Crippen LogP contribution >= 0.6 is 23.2 Å². The number of rotatable bonds is 7. The highest BCUT2D eigenvalue weighted by molar-refractivity contribution is 7.88. The van der Waals surface area contributed by atoms with Gasteiger partial charge in [0.2, 0.25) is 15.9 Å². The molecular weight excluding hydrogens is 495 g/mol. The maximum Gasteiger partial charge on any atom is 0.227 e. The van der Waals surface area contributed by atoms with E-state index in [1.54, 1.807) is 42.5 Å². The Hall–Kier alpha value is -2.58. The predicted molar refractivity (Wildman–Crippen MR) is 135 cm³/mol. The number of sulfonamides is 1. The molecule has 1 saturated heterocycles. The monoisotopic (exact) mass is 518 g/mol. The lowest BCUT2D eigenvalue weighted by Gasteiger charge is -2.30. The Labute approximate surface area is 209 Å². The van der Waals surface area contributed by atoms with Gasteiger partial charge in [0.1, 0.15) is 5.75 Å². The van der Waals surface area contributed by atoms with Crippen LogP contribution in [-0.2, 0) is 20.6 Å². The predicted octanol–water partition coefficient (Wildman–Crippen LogP) is 5.97. The summed E-state index contributed by atoms with van der Waals surface area (Å²) in [6.07, 6.45) is 0.839. The summed E-state index contributed by atoms with van der Waals surface area (Å²) in [5, 5.41) is 3.80. The number of carbonyl (C=O) groups is 1. The van der Waals surface area contributed by atoms with Crippen LogP contribution in [0.4, 0.5) is 5.69 Å². The van der Waals surface area contributed by atoms with Gasteiger partial charge in [-0.15, -0.1) is 0 Å². The first-order valence-corrected chi connectivity index (χ1v) is 13.2. The van der Waals surface area contributed by atoms with E-state index < -0.39 is 10.0 Å². The van der Waals surface area contributed by atoms with Gasteiger partial charge in [-0.1, -0.05) is 59.6 Å². The normalized spacial score (nSPS) is 15.1. The number of anilines is 1. The lowest BCUT2D eigenvalue weighted by Crippen LogP contribution is -2.41. The first-order chi connectivity index (χ1) is 16.3. The van der Waals surface area contributed by atoms with E-state index in [0.717, 1.165) is 0 Å². The number of amides is 1. The van der Waals surface area contributed by atoms with Crippen LogP contribution in [0.25, 0.3) is 0 Å². The summed E-state index contributed by atoms with van der Waals surface area (Å²) >= 11 is 12.3. The van der Waals surface area contributed by atoms with Crippen molar-refractivity contribution in [3.8, 4) is 11.5 Å². The molecule has 0 aromatic heterocycles. The van der Waals surface area contributed by atoms with Gasteiger partial charge in [0, 0.05) is 29.1 Å². The van der Waals surface area contributed by atoms with Crippen molar-refractivity contribution >= 4 is 44.8 Å². The zero-order chi connectivity index (χ0) is 24.1. The minimum atomic E-state index is -3.53. The lowest BCUT2D eigenvalue weighted by atomic mass is 9.97. The fraction of sp³-hybridized carbons (Fsp3) is 0.240. The van der Waals surface area contributed by atoms with Crippen molar-refractivity contribution in [1.82, 2.24) is 4.31 Å². The SMILES string of the molecule is O=C(Nc1cc(Cl)ccc1Oc1ccccc1)C1CCN(S(=O)(=O)Cc2ccccc2Cl)CC1. The smallest absolute Gasteiger partial charge is 0.227 e. The Bertz CT molecular complexity index is 1260. The molecule has 1 aliphatic heterocycles. The van der Waals surface area contributed by atoms with Gasteiger partial charge in [0.25, 0.3) is 0 Å². The second-order valence-corrected chi connectivity index (χ2v) is 10.9. The molecule has 178 valence electrons. The molecule has 1 aliphatic rings. The Morgan fingerprint density at radius 3 is 2.35 bits per heavy atom. The van der Waals surface area contributed by atoms with Crippen LogP contribution in [0.3, 0.4) is 0 Å². The van der Waals surface area contributed by atoms with Crippen LogP contribution in [0.1, 0.15) is 18.4 Å². The molecule has 1 amide bonds. The third-order valence-corrected chi connectivity index (χ3v) is 8.12. The Morgan fingerprint density at radius 2 is 1.65 bits per heavy atom. The van der Waals surface area contributed by atoms with Crippen LogP contribution in [0.5, 0.6) is 11.5 Å². The van der Waals surface area contributed by atoms with E-state index >= 15 is 0 Å². The molecule has 0 unspecified atom stereocenters. The number of ether oxygens (including phenoxy) is 1. The van der Waals surface area contributed by atoms with Crippen molar-refractivity contribution in [1.29, 1.82) is 0 Å². The Balaban J connectivity index is 1.39. The number of hydrogen-bond acceptors (Lipinski definition) is 4. The number of nitrogens with zero attached hydrogens (tertiary/aromatic N) is 1. The van der Waals surface area contributed by atoms with Crippen molar-refractivity contribution in [2.45, 2.75) is 18.6 Å². The van der Waals surface area contributed by atoms with Gasteiger partial charge in [-0.05, 0) is 54.8 Å². The molecule has 0 aliphatic carbocycles. The molecule has 1 fully saturated rings. The molecule has 1 heterocycles. The van der Waals surface area contributed by atoms with Gasteiger partial charge < -0.3 is 10.1 Å². The standard InChI is InChI=1S/C25H24Cl2N2O4S/c26-20-10-11-24(33-21-7-2-1-3-8-21)23(16-20)28-25(30)18-12-14-29(15-13-18)34(31,32)17-19-6-4-5-9-22(19)27/h1-11,16,18H,12-15,17H2,(H,28,30). The van der Waals surface area contributed by atoms with Gasteiger partial charge in [0.15, 0.2) is 5.75 Å². The maximum atomic E-state index is 13.0. The van der Waals surface area contributed by atoms with Gasteiger partial charge >= 0.3 is 0 Å². The number of nitrogens with one attached hydrogen (secondary N) is 1. The molecule has 1 N–H and O–H groups in total. The summed E-state index contributed by atoms with van der Waals surface area (Å²) in [5.41, 5.74) is 1.03. The van der Waals surface area contributed by atoms with Crippen molar-refractivity contribution < 1.29 is 17.9 Å². The number of hydrogen-bond donors (Lipinski definition) is 1. The van der Waals surface area contributed by atoms with Gasteiger partial charge in [-0.2, -0.15) is 0 Å². The Morgan fingerprint density at radius 1 is 0.971 bits per heavy atom. The van der Waals surface area contributed by atoms with Crippen molar-refractivity contribution in [2.75, 3.05) is 18.4 Å². The average Bonchev–Trinajstić information content (AvgIpc) is 2.83. The van der Waals surface area contributed by atoms with E-state index in [1.165, 1.54) is 4.31 Å². The van der Waals surface area contributed by atoms with E-state index in [4.69, 9.17) is 27.9 Å². The van der Waals surface area contributed by atoms with Crippen LogP contribution < -0.4 is 10.1 Å². The van der Waals surface area contributed by atoms with E-state index in [1.807, 2.05) is 30.3 Å². The Kier molecular flexibility index (Phi) is 7.78. The first kappa shape index (κ1) is 24.5. The van der Waals surface area contributed by atoms with Crippen molar-refractivity contribution in [3.63, 3.8) is 0 Å². The number of carbonyl (C=O) groups excluding carboxylic acids is 1. The third kappa shape index (κ3) is 6.10. The maximum absolute atomic E-state index is 13.0. The van der Waals surface area contributed by atoms with Crippen LogP contribution in [-0.4, -0.2) is 31.7 Å². The highest BCUT2D eigenvalue weighted by Gasteiger charge is 2.31. The molecule has 4 rings (SSSR count). The zero-order valence-corrected chi connectivity index (χ0v) is 20.6. The minimum absolute atomic E-state index is 0.160. The molecule has 34 heavy (non-hydrogen) atoms. The van der Waals surface area contributed by atoms with Crippen molar-refractivity contribution in [2.24, 2.45) is 5.92 Å². The fourth-order valence-corrected chi connectivity index (χ4v) is 5.89. The summed E-state index contributed by atoms with van der Waals surface area (Å²) in [4.78, 5) is 13.0. The van der Waals surface area contributed by atoms with Crippen LogP contribution in [0.15, 0.2) is 72.8 Å². The second-order valence-electron chi connectivity index (χ2n) is 8.07. The van der Waals surface area contributed by atoms with E-state index in [-0.39, 0.29) is 30.7 Å². The van der Waals surface area contributed by atoms with Crippen molar-refractivity contribution in [3.05, 3.63) is 88.4 Å². The molecule has 3 aromatic carbocycles. The molecule has 0 saturated carbocycles. The summed E-state index contributed by atoms with van der Waals surface area (Å²) in [5.74, 6) is 0.436. The topological polar surface area (TPSA) is 75.7 Å². The largest absolute Gasteiger partial charge is 0.455 e. The molecule has 0 atom stereocenters.